The smallest absolute Gasteiger partial charge is 0.331 e. The van der Waals surface area contributed by atoms with Gasteiger partial charge in [-0.2, -0.15) is 13.2 Å². The van der Waals surface area contributed by atoms with E-state index in [-0.39, 0.29) is 40.3 Å². The molecule has 35 heavy (non-hydrogen) atoms. The number of amides is 2. The third-order valence-electron chi connectivity index (χ3n) is 5.10. The second-order valence-electron chi connectivity index (χ2n) is 7.45. The lowest BCUT2D eigenvalue weighted by molar-refractivity contribution is -0.0328. The Labute approximate surface area is 201 Å². The molecule has 1 aromatic heterocycles. The van der Waals surface area contributed by atoms with Crippen LogP contribution in [0.3, 0.4) is 0 Å². The topological polar surface area (TPSA) is 76.0 Å². The Bertz CT molecular complexity index is 1450. The summed E-state index contributed by atoms with van der Waals surface area (Å²) < 4.78 is 53.0. The summed E-state index contributed by atoms with van der Waals surface area (Å²) in [6.45, 7) is 1.29. The fraction of sp³-hybridized carbons (Fsp3) is 0.125. The quantitative estimate of drug-likeness (QED) is 0.269. The predicted molar refractivity (Wildman–Crippen MR) is 126 cm³/mol. The van der Waals surface area contributed by atoms with E-state index in [1.807, 2.05) is 0 Å². The molecule has 0 saturated heterocycles. The van der Waals surface area contributed by atoms with Crippen molar-refractivity contribution < 1.29 is 22.4 Å². The van der Waals surface area contributed by atoms with E-state index in [0.717, 1.165) is 0 Å². The number of aromatic nitrogens is 2. The van der Waals surface area contributed by atoms with Crippen LogP contribution in [0.4, 0.5) is 28.0 Å². The molecule has 0 aliphatic rings. The number of anilines is 1. The van der Waals surface area contributed by atoms with Gasteiger partial charge in [-0.25, -0.2) is 14.2 Å². The van der Waals surface area contributed by atoms with E-state index in [1.165, 1.54) is 54.0 Å². The Morgan fingerprint density at radius 1 is 1.03 bits per heavy atom. The monoisotopic (exact) mass is 502 g/mol. The molecule has 4 rings (SSSR count). The molecule has 0 bridgehead atoms. The minimum absolute atomic E-state index is 0.0309. The molecule has 0 unspecified atom stereocenters. The molecule has 4 aromatic rings. The number of nitrogens with zero attached hydrogens (tertiary/aromatic N) is 2. The molecule has 0 fully saturated rings. The number of carbonyl (C=O) groups excluding carboxylic acids is 1. The van der Waals surface area contributed by atoms with Gasteiger partial charge in [0.15, 0.2) is 0 Å². The van der Waals surface area contributed by atoms with Crippen molar-refractivity contribution in [1.29, 1.82) is 0 Å². The number of thioether (sulfide) groups is 1. The Morgan fingerprint density at radius 3 is 2.46 bits per heavy atom. The van der Waals surface area contributed by atoms with E-state index in [4.69, 9.17) is 0 Å². The van der Waals surface area contributed by atoms with Crippen molar-refractivity contribution in [3.05, 3.63) is 94.3 Å². The van der Waals surface area contributed by atoms with Gasteiger partial charge in [0.05, 0.1) is 23.1 Å². The maximum Gasteiger partial charge on any atom is 0.446 e. The first kappa shape index (κ1) is 24.3. The van der Waals surface area contributed by atoms with Gasteiger partial charge in [-0.1, -0.05) is 18.2 Å². The van der Waals surface area contributed by atoms with Crippen molar-refractivity contribution in [2.24, 2.45) is 0 Å². The first-order valence-corrected chi connectivity index (χ1v) is 11.1. The molecule has 2 N–H and O–H groups in total. The lowest BCUT2D eigenvalue weighted by Crippen LogP contribution is -2.33. The maximum atomic E-state index is 13.4. The Balaban J connectivity index is 1.60. The van der Waals surface area contributed by atoms with Crippen molar-refractivity contribution in [2.45, 2.75) is 23.9 Å². The van der Waals surface area contributed by atoms with Gasteiger partial charge in [0.2, 0.25) is 0 Å². The average Bonchev–Trinajstić information content (AvgIpc) is 2.80. The summed E-state index contributed by atoms with van der Waals surface area (Å²) >= 11 is -0.264. The van der Waals surface area contributed by atoms with Crippen LogP contribution in [0.2, 0.25) is 0 Å². The number of nitrogens with one attached hydrogen (secondary N) is 2. The Morgan fingerprint density at radius 2 is 1.74 bits per heavy atom. The van der Waals surface area contributed by atoms with Crippen LogP contribution >= 0.6 is 11.8 Å². The zero-order valence-corrected chi connectivity index (χ0v) is 19.0. The third-order valence-corrected chi connectivity index (χ3v) is 5.99. The van der Waals surface area contributed by atoms with Crippen LogP contribution in [-0.2, 0) is 6.54 Å². The number of rotatable bonds is 5. The standard InChI is InChI=1S/C24H18F4N4O2S/c1-14-18(7-4-8-20(14)35-24(26,27)28)31-23(34)29-13-21-30-19-6-3-2-5-17(19)22(33)32(21)16-11-9-15(25)10-12-16/h2-12H,13H2,1H3,(H2,29,31,34). The lowest BCUT2D eigenvalue weighted by atomic mass is 10.2. The van der Waals surface area contributed by atoms with Crippen LogP contribution in [0.25, 0.3) is 16.6 Å². The van der Waals surface area contributed by atoms with Crippen LogP contribution in [0.5, 0.6) is 0 Å². The van der Waals surface area contributed by atoms with E-state index in [9.17, 15) is 27.2 Å². The second-order valence-corrected chi connectivity index (χ2v) is 8.55. The normalized spacial score (nSPS) is 11.5. The zero-order chi connectivity index (χ0) is 25.2. The number of halogens is 4. The Kier molecular flexibility index (Phi) is 6.79. The molecule has 3 aromatic carbocycles. The highest BCUT2D eigenvalue weighted by Crippen LogP contribution is 2.39. The summed E-state index contributed by atoms with van der Waals surface area (Å²) in [6.07, 6.45) is 0. The lowest BCUT2D eigenvalue weighted by Gasteiger charge is -2.16. The van der Waals surface area contributed by atoms with Gasteiger partial charge in [-0.3, -0.25) is 9.36 Å². The van der Waals surface area contributed by atoms with Gasteiger partial charge in [0.1, 0.15) is 11.6 Å². The van der Waals surface area contributed by atoms with Crippen LogP contribution in [0, 0.1) is 12.7 Å². The van der Waals surface area contributed by atoms with Crippen LogP contribution < -0.4 is 16.2 Å². The number of carbonyl (C=O) groups is 1. The van der Waals surface area contributed by atoms with E-state index in [1.54, 1.807) is 24.3 Å². The largest absolute Gasteiger partial charge is 0.446 e. The van der Waals surface area contributed by atoms with E-state index >= 15 is 0 Å². The zero-order valence-electron chi connectivity index (χ0n) is 18.2. The molecule has 11 heteroatoms. The van der Waals surface area contributed by atoms with Gasteiger partial charge < -0.3 is 10.6 Å². The molecular weight excluding hydrogens is 484 g/mol. The number of para-hydroxylation sites is 1. The van der Waals surface area contributed by atoms with Gasteiger partial charge in [-0.15, -0.1) is 0 Å². The Hall–Kier alpha value is -3.86. The highest BCUT2D eigenvalue weighted by molar-refractivity contribution is 8.00. The summed E-state index contributed by atoms with van der Waals surface area (Å²) in [5.41, 5.74) is -3.61. The molecule has 180 valence electrons. The van der Waals surface area contributed by atoms with Gasteiger partial charge in [0, 0.05) is 10.6 Å². The molecule has 0 saturated carbocycles. The van der Waals surface area contributed by atoms with Crippen LogP contribution in [-0.4, -0.2) is 21.1 Å². The fourth-order valence-corrected chi connectivity index (χ4v) is 4.12. The highest BCUT2D eigenvalue weighted by atomic mass is 32.2. The molecule has 6 nitrogen and oxygen atoms in total. The molecule has 0 atom stereocenters. The summed E-state index contributed by atoms with van der Waals surface area (Å²) in [5.74, 6) is -0.288. The highest BCUT2D eigenvalue weighted by Gasteiger charge is 2.30. The van der Waals surface area contributed by atoms with E-state index in [0.29, 0.717) is 16.6 Å². The fourth-order valence-electron chi connectivity index (χ4n) is 3.46. The molecule has 0 aliphatic heterocycles. The molecular formula is C24H18F4N4O2S. The molecule has 0 radical (unpaired) electrons. The summed E-state index contributed by atoms with van der Waals surface area (Å²) in [7, 11) is 0. The minimum Gasteiger partial charge on any atom is -0.331 e. The number of fused-ring (bicyclic) bond motifs is 1. The molecule has 0 spiro atoms. The maximum absolute atomic E-state index is 13.4. The summed E-state index contributed by atoms with van der Waals surface area (Å²) in [6, 6.07) is 15.4. The number of hydrogen-bond acceptors (Lipinski definition) is 4. The third kappa shape index (κ3) is 5.62. The van der Waals surface area contributed by atoms with Crippen molar-refractivity contribution in [1.82, 2.24) is 14.9 Å². The van der Waals surface area contributed by atoms with Gasteiger partial charge in [-0.05, 0) is 72.8 Å². The molecule has 0 aliphatic carbocycles. The van der Waals surface area contributed by atoms with Crippen molar-refractivity contribution in [2.75, 3.05) is 5.32 Å². The molecule has 2 amide bonds. The summed E-state index contributed by atoms with van der Waals surface area (Å²) in [4.78, 5) is 30.2. The van der Waals surface area contributed by atoms with Crippen LogP contribution in [0.1, 0.15) is 11.4 Å². The minimum atomic E-state index is -4.46. The van der Waals surface area contributed by atoms with E-state index in [2.05, 4.69) is 15.6 Å². The number of alkyl halides is 3. The van der Waals surface area contributed by atoms with Crippen molar-refractivity contribution in [3.63, 3.8) is 0 Å². The summed E-state index contributed by atoms with van der Waals surface area (Å²) in [5, 5.41) is 5.46. The van der Waals surface area contributed by atoms with Crippen molar-refractivity contribution >= 4 is 34.4 Å². The average molecular weight is 502 g/mol. The van der Waals surface area contributed by atoms with Crippen LogP contribution in [0.15, 0.2) is 76.4 Å². The van der Waals surface area contributed by atoms with Crippen molar-refractivity contribution in [3.8, 4) is 5.69 Å². The predicted octanol–water partition coefficient (Wildman–Crippen LogP) is 5.77. The first-order valence-electron chi connectivity index (χ1n) is 10.3. The first-order chi connectivity index (χ1) is 16.6. The number of hydrogen-bond donors (Lipinski definition) is 2. The molecule has 1 heterocycles. The second kappa shape index (κ2) is 9.79. The number of urea groups is 1. The van der Waals surface area contributed by atoms with E-state index < -0.39 is 22.9 Å². The number of benzene rings is 3. The van der Waals surface area contributed by atoms with Gasteiger partial charge >= 0.3 is 11.5 Å². The SMILES string of the molecule is Cc1c(NC(=O)NCc2nc3ccccc3c(=O)n2-c2ccc(F)cc2)cccc1SC(F)(F)F. The van der Waals surface area contributed by atoms with Gasteiger partial charge in [0.25, 0.3) is 5.56 Å².